The Hall–Kier alpha value is -3.51. The van der Waals surface area contributed by atoms with E-state index in [9.17, 15) is 14.4 Å². The van der Waals surface area contributed by atoms with Crippen molar-refractivity contribution in [1.29, 1.82) is 0 Å². The van der Waals surface area contributed by atoms with Crippen LogP contribution in [0.25, 0.3) is 0 Å². The molecule has 0 spiro atoms. The van der Waals surface area contributed by atoms with Crippen LogP contribution in [0.2, 0.25) is 0 Å². The van der Waals surface area contributed by atoms with Crippen LogP contribution >= 0.6 is 0 Å². The normalized spacial score (nSPS) is 20.1. The van der Waals surface area contributed by atoms with Gasteiger partial charge in [0.15, 0.2) is 6.61 Å². The number of esters is 1. The van der Waals surface area contributed by atoms with E-state index in [1.54, 1.807) is 32.5 Å². The van der Waals surface area contributed by atoms with Crippen LogP contribution in [0.5, 0.6) is 5.75 Å². The van der Waals surface area contributed by atoms with Crippen molar-refractivity contribution in [2.75, 3.05) is 53.1 Å². The molecule has 1 atom stereocenters. The fourth-order valence-corrected chi connectivity index (χ4v) is 4.86. The summed E-state index contributed by atoms with van der Waals surface area (Å²) in [5, 5.41) is 10.2. The van der Waals surface area contributed by atoms with Gasteiger partial charge in [0, 0.05) is 46.3 Å². The van der Waals surface area contributed by atoms with Crippen molar-refractivity contribution < 1.29 is 28.6 Å². The lowest BCUT2D eigenvalue weighted by atomic mass is 9.78. The van der Waals surface area contributed by atoms with Crippen molar-refractivity contribution in [1.82, 2.24) is 30.3 Å². The summed E-state index contributed by atoms with van der Waals surface area (Å²) in [7, 11) is 1.58. The van der Waals surface area contributed by atoms with Gasteiger partial charge in [-0.25, -0.2) is 9.67 Å². The molecule has 41 heavy (non-hydrogen) atoms. The van der Waals surface area contributed by atoms with Gasteiger partial charge < -0.3 is 24.8 Å². The molecule has 1 aromatic carbocycles. The highest BCUT2D eigenvalue weighted by atomic mass is 16.5. The average Bonchev–Trinajstić information content (AvgIpc) is 3.43. The predicted octanol–water partition coefficient (Wildman–Crippen LogP) is 1.72. The number of nitrogens with zero attached hydrogens (tertiary/aromatic N) is 4. The maximum Gasteiger partial charge on any atom is 0.314 e. The topological polar surface area (TPSA) is 137 Å². The number of fused-ring (bicyclic) bond motifs is 17. The predicted molar refractivity (Wildman–Crippen MR) is 152 cm³/mol. The Morgan fingerprint density at radius 3 is 2.61 bits per heavy atom. The van der Waals surface area contributed by atoms with Gasteiger partial charge in [-0.3, -0.25) is 19.3 Å². The first kappa shape index (κ1) is 32.0. The van der Waals surface area contributed by atoms with Crippen LogP contribution < -0.4 is 15.4 Å². The standard InChI is InChI=1S/C29H44N6O6/c1-4-35-25(32-22-33-35)19-34-15-6-8-26(36)31-21-29(13-17-39-3,28(38)40-5-2)18-23-9-11-24(12-10-23)41-20-27(37)30-14-7-16-34/h9-12,22H,4-8,13-21H2,1-3H3,(H,30,37)(H,31,36). The summed E-state index contributed by atoms with van der Waals surface area (Å²) in [5.74, 6) is 0.711. The van der Waals surface area contributed by atoms with E-state index in [4.69, 9.17) is 14.2 Å². The molecule has 4 rings (SSSR count). The largest absolute Gasteiger partial charge is 0.484 e. The minimum atomic E-state index is -0.999. The van der Waals surface area contributed by atoms with Gasteiger partial charge >= 0.3 is 5.97 Å². The van der Waals surface area contributed by atoms with Gasteiger partial charge in [0.1, 0.15) is 17.9 Å². The molecule has 2 N–H and O–H groups in total. The second kappa shape index (κ2) is 16.7. The zero-order chi connectivity index (χ0) is 29.5. The quantitative estimate of drug-likeness (QED) is 0.453. The summed E-state index contributed by atoms with van der Waals surface area (Å²) in [6, 6.07) is 7.28. The number of ether oxygens (including phenoxy) is 3. The maximum atomic E-state index is 13.3. The van der Waals surface area contributed by atoms with Gasteiger partial charge in [-0.05, 0) is 63.8 Å². The Morgan fingerprint density at radius 1 is 1.10 bits per heavy atom. The SMILES string of the molecule is CCOC(=O)C1(CCOC)CNC(=O)CCCN(Cc2ncnn2CC)CCCNC(=O)COc2ccc(cc2)C1. The van der Waals surface area contributed by atoms with Gasteiger partial charge in [-0.15, -0.1) is 0 Å². The number of carbonyl (C=O) groups excluding carboxylic acids is 3. The number of benzene rings is 1. The third-order valence-electron chi connectivity index (χ3n) is 7.16. The lowest BCUT2D eigenvalue weighted by Crippen LogP contribution is -2.46. The molecular weight excluding hydrogens is 528 g/mol. The van der Waals surface area contributed by atoms with Crippen LogP contribution in [0.15, 0.2) is 30.6 Å². The minimum absolute atomic E-state index is 0.0880. The van der Waals surface area contributed by atoms with Crippen molar-refractivity contribution in [3.63, 3.8) is 0 Å². The van der Waals surface area contributed by atoms with Crippen LogP contribution in [-0.4, -0.2) is 90.6 Å². The first-order chi connectivity index (χ1) is 19.9. The van der Waals surface area contributed by atoms with Crippen LogP contribution in [0.3, 0.4) is 0 Å². The second-order valence-electron chi connectivity index (χ2n) is 10.2. The Kier molecular flexibility index (Phi) is 13.0. The Morgan fingerprint density at radius 2 is 1.88 bits per heavy atom. The number of carbonyl (C=O) groups is 3. The van der Waals surface area contributed by atoms with E-state index in [0.717, 1.165) is 24.4 Å². The number of hydrogen-bond acceptors (Lipinski definition) is 9. The molecule has 2 aliphatic heterocycles. The molecule has 0 saturated carbocycles. The smallest absolute Gasteiger partial charge is 0.314 e. The Balaban J connectivity index is 1.79. The molecule has 0 saturated heterocycles. The van der Waals surface area contributed by atoms with Crippen molar-refractivity contribution in [3.05, 3.63) is 42.0 Å². The first-order valence-corrected chi connectivity index (χ1v) is 14.4. The van der Waals surface area contributed by atoms with Crippen LogP contribution in [0, 0.1) is 5.41 Å². The summed E-state index contributed by atoms with van der Waals surface area (Å²) < 4.78 is 18.3. The summed E-state index contributed by atoms with van der Waals surface area (Å²) in [4.78, 5) is 45.3. The molecule has 12 nitrogen and oxygen atoms in total. The second-order valence-corrected chi connectivity index (χ2v) is 10.2. The lowest BCUT2D eigenvalue weighted by Gasteiger charge is -2.32. The molecule has 3 heterocycles. The molecule has 2 amide bonds. The Bertz CT molecular complexity index is 1110. The van der Waals surface area contributed by atoms with Crippen LogP contribution in [-0.2, 0) is 43.4 Å². The third-order valence-corrected chi connectivity index (χ3v) is 7.16. The van der Waals surface area contributed by atoms with Crippen molar-refractivity contribution in [2.24, 2.45) is 5.41 Å². The number of hydrogen-bond donors (Lipinski definition) is 2. The molecule has 0 fully saturated rings. The molecule has 2 bridgehead atoms. The van der Waals surface area contributed by atoms with E-state index in [1.807, 2.05) is 23.7 Å². The minimum Gasteiger partial charge on any atom is -0.484 e. The van der Waals surface area contributed by atoms with E-state index in [-0.39, 0.29) is 37.5 Å². The van der Waals surface area contributed by atoms with Crippen molar-refractivity contribution >= 4 is 17.8 Å². The number of aryl methyl sites for hydroxylation is 1. The van der Waals surface area contributed by atoms with E-state index in [2.05, 4.69) is 25.6 Å². The summed E-state index contributed by atoms with van der Waals surface area (Å²) in [6.45, 7) is 7.59. The number of methoxy groups -OCH3 is 1. The maximum absolute atomic E-state index is 13.3. The molecule has 226 valence electrons. The van der Waals surface area contributed by atoms with E-state index in [0.29, 0.717) is 64.2 Å². The zero-order valence-electron chi connectivity index (χ0n) is 24.5. The van der Waals surface area contributed by atoms with Crippen LogP contribution in [0.4, 0.5) is 0 Å². The van der Waals surface area contributed by atoms with E-state index >= 15 is 0 Å². The lowest BCUT2D eigenvalue weighted by molar-refractivity contribution is -0.156. The summed E-state index contributed by atoms with van der Waals surface area (Å²) in [5.41, 5.74) is -0.119. The van der Waals surface area contributed by atoms with Gasteiger partial charge in [0.2, 0.25) is 5.91 Å². The molecule has 1 unspecified atom stereocenters. The number of nitrogens with one attached hydrogen (secondary N) is 2. The van der Waals surface area contributed by atoms with Crippen molar-refractivity contribution in [3.8, 4) is 5.75 Å². The summed E-state index contributed by atoms with van der Waals surface area (Å²) >= 11 is 0. The van der Waals surface area contributed by atoms with Crippen molar-refractivity contribution in [2.45, 2.75) is 59.0 Å². The molecule has 12 heteroatoms. The van der Waals surface area contributed by atoms with Gasteiger partial charge in [-0.2, -0.15) is 5.10 Å². The molecule has 2 aliphatic rings. The monoisotopic (exact) mass is 572 g/mol. The molecule has 0 radical (unpaired) electrons. The number of rotatable bonds is 8. The fourth-order valence-electron chi connectivity index (χ4n) is 4.86. The number of aromatic nitrogens is 3. The molecule has 1 aromatic heterocycles. The highest BCUT2D eigenvalue weighted by molar-refractivity contribution is 5.80. The fraction of sp³-hybridized carbons (Fsp3) is 0.621. The first-order valence-electron chi connectivity index (χ1n) is 14.4. The highest BCUT2D eigenvalue weighted by Crippen LogP contribution is 2.30. The molecular formula is C29H44N6O6. The third kappa shape index (κ3) is 10.1. The molecule has 2 aromatic rings. The molecule has 0 aliphatic carbocycles. The van der Waals surface area contributed by atoms with Crippen LogP contribution in [0.1, 0.15) is 50.9 Å². The van der Waals surface area contributed by atoms with E-state index < -0.39 is 5.41 Å². The average molecular weight is 573 g/mol. The van der Waals surface area contributed by atoms with Gasteiger partial charge in [0.05, 0.1) is 18.6 Å². The zero-order valence-corrected chi connectivity index (χ0v) is 24.5. The van der Waals surface area contributed by atoms with E-state index in [1.165, 1.54) is 0 Å². The van der Waals surface area contributed by atoms with Gasteiger partial charge in [-0.1, -0.05) is 12.1 Å². The summed E-state index contributed by atoms with van der Waals surface area (Å²) in [6.07, 6.45) is 3.94. The van der Waals surface area contributed by atoms with Gasteiger partial charge in [0.25, 0.3) is 5.91 Å². The highest BCUT2D eigenvalue weighted by Gasteiger charge is 2.40. The Labute approximate surface area is 242 Å². The number of amides is 2.